The number of imidazole rings is 1. The standard InChI is InChI=1S/C23H17Cl2F2N3O4S/c1-2-35(32,33)13-9-7-12(8-10-13)20(30-31)22-28-16-11-15(24)18(19(25)21(16)29-22)14-5-3-4-6-17(14)34-23(26)27/h3-11,23,31H,2H2,1H3,(H,28,29). The van der Waals surface area contributed by atoms with Gasteiger partial charge in [0.25, 0.3) is 0 Å². The summed E-state index contributed by atoms with van der Waals surface area (Å²) in [5.74, 6) is -0.0359. The van der Waals surface area contributed by atoms with E-state index in [-0.39, 0.29) is 54.6 Å². The predicted octanol–water partition coefficient (Wildman–Crippen LogP) is 6.16. The van der Waals surface area contributed by atoms with Crippen LogP contribution < -0.4 is 4.74 Å². The molecule has 35 heavy (non-hydrogen) atoms. The fourth-order valence-electron chi connectivity index (χ4n) is 3.54. The molecular formula is C23H17Cl2F2N3O4S. The molecule has 0 atom stereocenters. The number of aromatic amines is 1. The lowest BCUT2D eigenvalue weighted by atomic mass is 10.0. The van der Waals surface area contributed by atoms with Gasteiger partial charge in [-0.05, 0) is 24.3 Å². The largest absolute Gasteiger partial charge is 0.434 e. The number of nitrogens with one attached hydrogen (secondary N) is 1. The van der Waals surface area contributed by atoms with Gasteiger partial charge in [0.15, 0.2) is 21.4 Å². The Bertz CT molecular complexity index is 1540. The van der Waals surface area contributed by atoms with E-state index in [1.165, 1.54) is 48.5 Å². The van der Waals surface area contributed by atoms with Gasteiger partial charge in [0.2, 0.25) is 0 Å². The summed E-state index contributed by atoms with van der Waals surface area (Å²) in [6.07, 6.45) is 0. The van der Waals surface area contributed by atoms with Crippen LogP contribution in [-0.2, 0) is 9.84 Å². The van der Waals surface area contributed by atoms with Crippen molar-refractivity contribution in [1.29, 1.82) is 0 Å². The van der Waals surface area contributed by atoms with Crippen molar-refractivity contribution in [3.63, 3.8) is 0 Å². The number of sulfone groups is 1. The number of aromatic nitrogens is 2. The first-order chi connectivity index (χ1) is 16.7. The molecular weight excluding hydrogens is 523 g/mol. The van der Waals surface area contributed by atoms with Gasteiger partial charge >= 0.3 is 6.61 Å². The minimum absolute atomic E-state index is 0.0248. The molecule has 4 rings (SSSR count). The molecule has 0 saturated carbocycles. The zero-order chi connectivity index (χ0) is 25.3. The second kappa shape index (κ2) is 9.80. The first-order valence-electron chi connectivity index (χ1n) is 10.1. The van der Waals surface area contributed by atoms with E-state index in [2.05, 4.69) is 19.9 Å². The Morgan fingerprint density at radius 1 is 1.17 bits per heavy atom. The number of hydrogen-bond donors (Lipinski definition) is 2. The van der Waals surface area contributed by atoms with Crippen molar-refractivity contribution < 1.29 is 27.1 Å². The summed E-state index contributed by atoms with van der Waals surface area (Å²) < 4.78 is 54.5. The summed E-state index contributed by atoms with van der Waals surface area (Å²) in [5, 5.41) is 13.2. The van der Waals surface area contributed by atoms with Crippen LogP contribution in [0.2, 0.25) is 10.0 Å². The number of oxime groups is 1. The zero-order valence-corrected chi connectivity index (χ0v) is 20.3. The molecule has 3 aromatic carbocycles. The Morgan fingerprint density at radius 3 is 2.49 bits per heavy atom. The average molecular weight is 540 g/mol. The van der Waals surface area contributed by atoms with E-state index in [1.807, 2.05) is 0 Å². The smallest absolute Gasteiger partial charge is 0.387 e. The van der Waals surface area contributed by atoms with Crippen LogP contribution in [0.4, 0.5) is 8.78 Å². The number of fused-ring (bicyclic) bond motifs is 1. The van der Waals surface area contributed by atoms with E-state index < -0.39 is 16.4 Å². The molecule has 0 aliphatic carbocycles. The van der Waals surface area contributed by atoms with Crippen molar-refractivity contribution >= 4 is 49.8 Å². The summed E-state index contributed by atoms with van der Waals surface area (Å²) in [5.41, 5.74) is 1.55. The second-order valence-corrected chi connectivity index (χ2v) is 10.3. The quantitative estimate of drug-likeness (QED) is 0.166. The fraction of sp³-hybridized carbons (Fsp3) is 0.130. The first-order valence-corrected chi connectivity index (χ1v) is 12.5. The number of rotatable bonds is 7. The molecule has 1 heterocycles. The SMILES string of the molecule is CCS(=O)(=O)c1ccc(C(=NO)c2nc3c(Cl)c(-c4ccccc4OC(F)F)c(Cl)cc3[nH]2)cc1. The third kappa shape index (κ3) is 4.82. The molecule has 0 radical (unpaired) electrons. The summed E-state index contributed by atoms with van der Waals surface area (Å²) >= 11 is 13.1. The molecule has 1 aromatic heterocycles. The van der Waals surface area contributed by atoms with Crippen molar-refractivity contribution in [2.75, 3.05) is 5.75 Å². The van der Waals surface area contributed by atoms with E-state index in [0.29, 0.717) is 11.1 Å². The summed E-state index contributed by atoms with van der Waals surface area (Å²) in [7, 11) is -3.40. The highest BCUT2D eigenvalue weighted by Gasteiger charge is 2.22. The number of para-hydroxylation sites is 1. The molecule has 0 spiro atoms. The maximum Gasteiger partial charge on any atom is 0.387 e. The van der Waals surface area contributed by atoms with Crippen LogP contribution in [0.25, 0.3) is 22.2 Å². The van der Waals surface area contributed by atoms with E-state index in [4.69, 9.17) is 23.2 Å². The molecule has 0 bridgehead atoms. The molecule has 182 valence electrons. The van der Waals surface area contributed by atoms with Crippen LogP contribution in [0.15, 0.2) is 64.6 Å². The van der Waals surface area contributed by atoms with Gasteiger partial charge in [0, 0.05) is 16.7 Å². The Morgan fingerprint density at radius 2 is 1.86 bits per heavy atom. The van der Waals surface area contributed by atoms with Crippen molar-refractivity contribution in [2.45, 2.75) is 18.4 Å². The Labute approximate surface area is 208 Å². The molecule has 0 aliphatic rings. The number of benzene rings is 3. The Kier molecular flexibility index (Phi) is 6.98. The van der Waals surface area contributed by atoms with E-state index in [1.54, 1.807) is 13.0 Å². The molecule has 0 unspecified atom stereocenters. The Hall–Kier alpha value is -3.21. The van der Waals surface area contributed by atoms with Gasteiger partial charge in [-0.3, -0.25) is 0 Å². The van der Waals surface area contributed by atoms with E-state index in [0.717, 1.165) is 0 Å². The minimum Gasteiger partial charge on any atom is -0.434 e. The van der Waals surface area contributed by atoms with Gasteiger partial charge in [-0.25, -0.2) is 13.4 Å². The lowest BCUT2D eigenvalue weighted by molar-refractivity contribution is -0.0494. The maximum atomic E-state index is 12.9. The fourth-order valence-corrected chi connectivity index (χ4v) is 5.13. The van der Waals surface area contributed by atoms with Crippen LogP contribution >= 0.6 is 23.2 Å². The van der Waals surface area contributed by atoms with Crippen LogP contribution in [0.3, 0.4) is 0 Å². The van der Waals surface area contributed by atoms with Crippen molar-refractivity contribution in [3.05, 3.63) is 76.0 Å². The highest BCUT2D eigenvalue weighted by molar-refractivity contribution is 7.91. The highest BCUT2D eigenvalue weighted by atomic mass is 35.5. The summed E-state index contributed by atoms with van der Waals surface area (Å²) in [6, 6.07) is 13.4. The highest BCUT2D eigenvalue weighted by Crippen LogP contribution is 2.43. The molecule has 0 saturated heterocycles. The third-order valence-corrected chi connectivity index (χ3v) is 7.65. The van der Waals surface area contributed by atoms with Gasteiger partial charge < -0.3 is 14.9 Å². The molecule has 2 N–H and O–H groups in total. The lowest BCUT2D eigenvalue weighted by Gasteiger charge is -2.13. The average Bonchev–Trinajstić information content (AvgIpc) is 3.24. The van der Waals surface area contributed by atoms with Crippen molar-refractivity contribution in [2.24, 2.45) is 5.16 Å². The molecule has 7 nitrogen and oxygen atoms in total. The molecule has 4 aromatic rings. The number of halogens is 4. The van der Waals surface area contributed by atoms with Crippen molar-refractivity contribution in [1.82, 2.24) is 9.97 Å². The summed E-state index contributed by atoms with van der Waals surface area (Å²) in [6.45, 7) is -1.50. The monoisotopic (exact) mass is 539 g/mol. The zero-order valence-electron chi connectivity index (χ0n) is 18.0. The molecule has 0 fully saturated rings. The molecule has 0 amide bonds. The number of H-pyrrole nitrogens is 1. The van der Waals surface area contributed by atoms with Crippen molar-refractivity contribution in [3.8, 4) is 16.9 Å². The van der Waals surface area contributed by atoms with Gasteiger partial charge in [0.05, 0.1) is 26.2 Å². The van der Waals surface area contributed by atoms with E-state index in [9.17, 15) is 22.4 Å². The summed E-state index contributed by atoms with van der Waals surface area (Å²) in [4.78, 5) is 7.52. The van der Waals surface area contributed by atoms with Crippen LogP contribution in [-0.4, -0.2) is 41.7 Å². The number of ether oxygens (including phenoxy) is 1. The van der Waals surface area contributed by atoms with Crippen LogP contribution in [0.1, 0.15) is 18.3 Å². The predicted molar refractivity (Wildman–Crippen MR) is 130 cm³/mol. The lowest BCUT2D eigenvalue weighted by Crippen LogP contribution is -2.07. The number of hydrogen-bond acceptors (Lipinski definition) is 6. The van der Waals surface area contributed by atoms with Gasteiger partial charge in [-0.2, -0.15) is 8.78 Å². The van der Waals surface area contributed by atoms with E-state index >= 15 is 0 Å². The molecule has 0 aliphatic heterocycles. The third-order valence-electron chi connectivity index (χ3n) is 5.23. The number of nitrogens with zero attached hydrogens (tertiary/aromatic N) is 2. The first kappa shape index (κ1) is 24.9. The minimum atomic E-state index is -3.40. The molecule has 12 heteroatoms. The topological polar surface area (TPSA) is 105 Å². The van der Waals surface area contributed by atoms with Gasteiger partial charge in [0.1, 0.15) is 11.3 Å². The van der Waals surface area contributed by atoms with Gasteiger partial charge in [-0.15, -0.1) is 0 Å². The normalized spacial score (nSPS) is 12.5. The second-order valence-electron chi connectivity index (χ2n) is 7.28. The van der Waals surface area contributed by atoms with Gasteiger partial charge in [-0.1, -0.05) is 65.6 Å². The van der Waals surface area contributed by atoms with Crippen LogP contribution in [0, 0.1) is 0 Å². The Balaban J connectivity index is 1.80. The maximum absolute atomic E-state index is 12.9. The number of alkyl halides is 2. The van der Waals surface area contributed by atoms with Crippen LogP contribution in [0.5, 0.6) is 5.75 Å².